The monoisotopic (exact) mass is 532 g/mol. The summed E-state index contributed by atoms with van der Waals surface area (Å²) in [6.07, 6.45) is 1.76. The minimum Gasteiger partial charge on any atom is -0.434 e. The summed E-state index contributed by atoms with van der Waals surface area (Å²) in [6, 6.07) is 28.1. The molecule has 192 valence electrons. The summed E-state index contributed by atoms with van der Waals surface area (Å²) < 4.78 is 5.56. The summed E-state index contributed by atoms with van der Waals surface area (Å²) in [5, 5.41) is 3.10. The van der Waals surface area contributed by atoms with Gasteiger partial charge in [-0.25, -0.2) is 4.98 Å². The number of nitrogens with one attached hydrogen (secondary N) is 1. The quantitative estimate of drug-likeness (QED) is 0.134. The number of nitrogens with zero attached hydrogens (tertiary/aromatic N) is 1. The van der Waals surface area contributed by atoms with Gasteiger partial charge in [0, 0.05) is 36.0 Å². The SMILES string of the molecule is O=C(CCCCNC(=O)C(CSCc1ccccc1)CSCc1ccccc1)c1nc2ccccc2o1. The highest BCUT2D eigenvalue weighted by atomic mass is 32.2. The molecule has 3 aromatic carbocycles. The van der Waals surface area contributed by atoms with Crippen LogP contribution in [-0.4, -0.2) is 34.7 Å². The maximum absolute atomic E-state index is 13.0. The number of hydrogen-bond donors (Lipinski definition) is 1. The van der Waals surface area contributed by atoms with Gasteiger partial charge in [-0.3, -0.25) is 9.59 Å². The van der Waals surface area contributed by atoms with Gasteiger partial charge in [-0.2, -0.15) is 23.5 Å². The molecule has 0 fully saturated rings. The van der Waals surface area contributed by atoms with Gasteiger partial charge in [-0.1, -0.05) is 72.8 Å². The molecule has 0 aliphatic heterocycles. The number of ketones is 1. The molecule has 1 amide bonds. The number of para-hydroxylation sites is 2. The highest BCUT2D eigenvalue weighted by Crippen LogP contribution is 2.22. The van der Waals surface area contributed by atoms with Gasteiger partial charge in [0.1, 0.15) is 5.52 Å². The Kier molecular flexibility index (Phi) is 10.7. The van der Waals surface area contributed by atoms with Crippen LogP contribution in [0.3, 0.4) is 0 Å². The third-order valence-electron chi connectivity index (χ3n) is 5.89. The Bertz CT molecular complexity index is 1180. The van der Waals surface area contributed by atoms with Crippen LogP contribution in [-0.2, 0) is 16.3 Å². The second-order valence-corrected chi connectivity index (χ2v) is 10.9. The van der Waals surface area contributed by atoms with Crippen molar-refractivity contribution < 1.29 is 14.0 Å². The number of rotatable bonds is 15. The number of carbonyl (C=O) groups excluding carboxylic acids is 2. The predicted octanol–water partition coefficient (Wildman–Crippen LogP) is 6.78. The molecular weight excluding hydrogens is 500 g/mol. The van der Waals surface area contributed by atoms with Crippen LogP contribution < -0.4 is 5.32 Å². The predicted molar refractivity (Wildman–Crippen MR) is 154 cm³/mol. The fourth-order valence-electron chi connectivity index (χ4n) is 3.85. The van der Waals surface area contributed by atoms with Crippen molar-refractivity contribution in [3.63, 3.8) is 0 Å². The van der Waals surface area contributed by atoms with Crippen LogP contribution in [0, 0.1) is 5.92 Å². The Labute approximate surface area is 226 Å². The lowest BCUT2D eigenvalue weighted by atomic mass is 10.1. The molecule has 4 aromatic rings. The average Bonchev–Trinajstić information content (AvgIpc) is 3.38. The normalized spacial score (nSPS) is 11.2. The molecule has 0 aliphatic carbocycles. The lowest BCUT2D eigenvalue weighted by Crippen LogP contribution is -2.34. The molecule has 0 radical (unpaired) electrons. The Balaban J connectivity index is 1.20. The van der Waals surface area contributed by atoms with Crippen LogP contribution >= 0.6 is 23.5 Å². The van der Waals surface area contributed by atoms with Crippen molar-refractivity contribution in [3.05, 3.63) is 102 Å². The standard InChI is InChI=1S/C30H32N2O3S2/c33-27(30-32-26-15-7-8-17-28(26)35-30)16-9-10-18-31-29(34)25(21-36-19-23-11-3-1-4-12-23)22-37-20-24-13-5-2-6-14-24/h1-8,11-15,17,25H,9-10,16,18-22H2,(H,31,34). The van der Waals surface area contributed by atoms with E-state index in [1.54, 1.807) is 29.6 Å². The number of hydrogen-bond acceptors (Lipinski definition) is 6. The van der Waals surface area contributed by atoms with Crippen LogP contribution in [0.25, 0.3) is 11.1 Å². The molecule has 4 rings (SSSR count). The summed E-state index contributed by atoms with van der Waals surface area (Å²) >= 11 is 3.60. The zero-order valence-corrected chi connectivity index (χ0v) is 22.4. The number of Topliss-reactive ketones (excluding diaryl/α,β-unsaturated/α-hetero) is 1. The first kappa shape index (κ1) is 27.0. The first-order valence-corrected chi connectivity index (χ1v) is 14.9. The van der Waals surface area contributed by atoms with E-state index in [-0.39, 0.29) is 23.5 Å². The van der Waals surface area contributed by atoms with Crippen LogP contribution in [0.4, 0.5) is 0 Å². The highest BCUT2D eigenvalue weighted by Gasteiger charge is 2.19. The van der Waals surface area contributed by atoms with Gasteiger partial charge >= 0.3 is 0 Å². The van der Waals surface area contributed by atoms with Crippen molar-refractivity contribution in [2.24, 2.45) is 5.92 Å². The second kappa shape index (κ2) is 14.6. The summed E-state index contributed by atoms with van der Waals surface area (Å²) in [7, 11) is 0. The number of carbonyl (C=O) groups is 2. The van der Waals surface area contributed by atoms with Gasteiger partial charge in [0.05, 0.1) is 5.92 Å². The molecule has 1 N–H and O–H groups in total. The summed E-state index contributed by atoms with van der Waals surface area (Å²) in [5.74, 6) is 3.43. The van der Waals surface area contributed by atoms with Crippen LogP contribution in [0.1, 0.15) is 41.1 Å². The van der Waals surface area contributed by atoms with Gasteiger partial charge in [-0.05, 0) is 36.1 Å². The molecular formula is C30H32N2O3S2. The van der Waals surface area contributed by atoms with E-state index in [0.29, 0.717) is 30.5 Å². The van der Waals surface area contributed by atoms with Crippen molar-refractivity contribution in [2.45, 2.75) is 30.8 Å². The van der Waals surface area contributed by atoms with E-state index in [2.05, 4.69) is 34.6 Å². The molecule has 7 heteroatoms. The highest BCUT2D eigenvalue weighted by molar-refractivity contribution is 7.99. The molecule has 0 bridgehead atoms. The topological polar surface area (TPSA) is 72.2 Å². The summed E-state index contributed by atoms with van der Waals surface area (Å²) in [4.78, 5) is 29.7. The maximum Gasteiger partial charge on any atom is 0.264 e. The molecule has 37 heavy (non-hydrogen) atoms. The zero-order chi connectivity index (χ0) is 25.7. The lowest BCUT2D eigenvalue weighted by Gasteiger charge is -2.16. The Hall–Kier alpha value is -3.03. The van der Waals surface area contributed by atoms with E-state index in [9.17, 15) is 9.59 Å². The van der Waals surface area contributed by atoms with E-state index in [4.69, 9.17) is 4.42 Å². The van der Waals surface area contributed by atoms with E-state index in [1.807, 2.05) is 54.6 Å². The maximum atomic E-state index is 13.0. The first-order valence-electron chi connectivity index (χ1n) is 12.6. The number of aromatic nitrogens is 1. The van der Waals surface area contributed by atoms with Crippen molar-refractivity contribution in [2.75, 3.05) is 18.1 Å². The molecule has 0 aliphatic rings. The minimum atomic E-state index is -0.102. The fourth-order valence-corrected chi connectivity index (χ4v) is 6.20. The Morgan fingerprint density at radius 3 is 2.00 bits per heavy atom. The molecule has 1 heterocycles. The lowest BCUT2D eigenvalue weighted by molar-refractivity contribution is -0.123. The van der Waals surface area contributed by atoms with Crippen LogP contribution in [0.2, 0.25) is 0 Å². The summed E-state index contributed by atoms with van der Waals surface area (Å²) in [5.41, 5.74) is 3.86. The van der Waals surface area contributed by atoms with Crippen molar-refractivity contribution in [1.82, 2.24) is 10.3 Å². The van der Waals surface area contributed by atoms with Gasteiger partial charge in [-0.15, -0.1) is 0 Å². The summed E-state index contributed by atoms with van der Waals surface area (Å²) in [6.45, 7) is 0.558. The first-order chi connectivity index (χ1) is 18.2. The molecule has 0 spiro atoms. The van der Waals surface area contributed by atoms with Crippen molar-refractivity contribution in [3.8, 4) is 0 Å². The van der Waals surface area contributed by atoms with Gasteiger partial charge in [0.2, 0.25) is 11.7 Å². The molecule has 1 aromatic heterocycles. The number of benzene rings is 3. The number of amides is 1. The zero-order valence-electron chi connectivity index (χ0n) is 20.8. The van der Waals surface area contributed by atoms with E-state index < -0.39 is 0 Å². The largest absolute Gasteiger partial charge is 0.434 e. The third-order valence-corrected chi connectivity index (χ3v) is 8.25. The minimum absolute atomic E-state index is 0.0659. The number of thioether (sulfide) groups is 2. The number of unbranched alkanes of at least 4 members (excludes halogenated alkanes) is 1. The molecule has 0 atom stereocenters. The number of oxazole rings is 1. The average molecular weight is 533 g/mol. The Morgan fingerprint density at radius 1 is 0.784 bits per heavy atom. The van der Waals surface area contributed by atoms with Gasteiger partial charge < -0.3 is 9.73 Å². The van der Waals surface area contributed by atoms with E-state index >= 15 is 0 Å². The van der Waals surface area contributed by atoms with E-state index in [0.717, 1.165) is 29.4 Å². The molecule has 0 saturated heterocycles. The number of fused-ring (bicyclic) bond motifs is 1. The van der Waals surface area contributed by atoms with E-state index in [1.165, 1.54) is 11.1 Å². The molecule has 0 saturated carbocycles. The van der Waals surface area contributed by atoms with Crippen LogP contribution in [0.15, 0.2) is 89.3 Å². The van der Waals surface area contributed by atoms with Crippen LogP contribution in [0.5, 0.6) is 0 Å². The van der Waals surface area contributed by atoms with Crippen molar-refractivity contribution in [1.29, 1.82) is 0 Å². The fraction of sp³-hybridized carbons (Fsp3) is 0.300. The Morgan fingerprint density at radius 2 is 1.38 bits per heavy atom. The second-order valence-electron chi connectivity index (χ2n) is 8.86. The smallest absolute Gasteiger partial charge is 0.264 e. The van der Waals surface area contributed by atoms with Gasteiger partial charge in [0.25, 0.3) is 5.89 Å². The van der Waals surface area contributed by atoms with Crippen molar-refractivity contribution >= 4 is 46.3 Å². The third kappa shape index (κ3) is 8.79. The molecule has 0 unspecified atom stereocenters. The van der Waals surface area contributed by atoms with Gasteiger partial charge in [0.15, 0.2) is 5.58 Å². The molecule has 5 nitrogen and oxygen atoms in total.